The number of primary amides is 1. The number of unbranched alkanes of at least 4 members (excludes halogenated alkanes) is 14. The van der Waals surface area contributed by atoms with Crippen LogP contribution in [0.5, 0.6) is 0 Å². The van der Waals surface area contributed by atoms with Gasteiger partial charge in [0.1, 0.15) is 0 Å². The maximum Gasteiger partial charge on any atom is 0.217 e. The van der Waals surface area contributed by atoms with E-state index in [1.165, 1.54) is 89.9 Å². The van der Waals surface area contributed by atoms with E-state index in [0.717, 1.165) is 25.7 Å². The summed E-state index contributed by atoms with van der Waals surface area (Å²) in [7, 11) is 0. The fraction of sp³-hybridized carbons (Fsp3) is 0.960. The number of hydrogen-bond donors (Lipinski definition) is 2. The van der Waals surface area contributed by atoms with Crippen molar-refractivity contribution >= 4 is 5.91 Å². The van der Waals surface area contributed by atoms with Crippen LogP contribution >= 0.6 is 0 Å². The molecule has 28 heavy (non-hydrogen) atoms. The maximum absolute atomic E-state index is 10.6. The number of carbonyl (C=O) groups excluding carboxylic acids is 1. The monoisotopic (exact) mass is 398 g/mol. The maximum atomic E-state index is 10.6. The molecule has 0 aliphatic rings. The average Bonchev–Trinajstić information content (AvgIpc) is 2.70. The van der Waals surface area contributed by atoms with Crippen LogP contribution in [0.25, 0.3) is 0 Å². The Hall–Kier alpha value is -0.570. The average molecular weight is 399 g/mol. The summed E-state index contributed by atoms with van der Waals surface area (Å²) in [5.74, 6) is -0.153. The summed E-state index contributed by atoms with van der Waals surface area (Å²) in [4.78, 5) is 10.6. The zero-order valence-electron chi connectivity index (χ0n) is 20.0. The van der Waals surface area contributed by atoms with Gasteiger partial charge in [-0.2, -0.15) is 0 Å². The van der Waals surface area contributed by atoms with Gasteiger partial charge in [-0.05, 0) is 25.7 Å². The SMILES string of the molecule is CCC(N)(CC)CC.CCCCCCCCCCCCCCCCCC(N)=O. The molecule has 0 radical (unpaired) electrons. The molecule has 3 heteroatoms. The Balaban J connectivity index is 0. The van der Waals surface area contributed by atoms with Gasteiger partial charge in [-0.3, -0.25) is 4.79 Å². The van der Waals surface area contributed by atoms with Crippen molar-refractivity contribution in [2.75, 3.05) is 0 Å². The second kappa shape index (κ2) is 22.7. The third kappa shape index (κ3) is 23.5. The molecule has 3 nitrogen and oxygen atoms in total. The fourth-order valence-electron chi connectivity index (χ4n) is 3.42. The van der Waals surface area contributed by atoms with Crippen LogP contribution in [0, 0.1) is 0 Å². The topological polar surface area (TPSA) is 69.1 Å². The fourth-order valence-corrected chi connectivity index (χ4v) is 3.42. The molecule has 170 valence electrons. The first kappa shape index (κ1) is 29.6. The molecule has 0 saturated carbocycles. The van der Waals surface area contributed by atoms with E-state index in [9.17, 15) is 4.79 Å². The van der Waals surface area contributed by atoms with Gasteiger partial charge in [-0.1, -0.05) is 118 Å². The van der Waals surface area contributed by atoms with Crippen molar-refractivity contribution in [1.82, 2.24) is 0 Å². The van der Waals surface area contributed by atoms with Crippen molar-refractivity contribution in [3.05, 3.63) is 0 Å². The number of hydrogen-bond acceptors (Lipinski definition) is 2. The van der Waals surface area contributed by atoms with E-state index in [2.05, 4.69) is 27.7 Å². The van der Waals surface area contributed by atoms with E-state index < -0.39 is 0 Å². The van der Waals surface area contributed by atoms with E-state index >= 15 is 0 Å². The van der Waals surface area contributed by atoms with E-state index in [0.29, 0.717) is 6.42 Å². The highest BCUT2D eigenvalue weighted by Crippen LogP contribution is 2.14. The lowest BCUT2D eigenvalue weighted by Gasteiger charge is -2.23. The smallest absolute Gasteiger partial charge is 0.217 e. The molecule has 1 amide bonds. The first-order chi connectivity index (χ1) is 13.5. The molecule has 0 saturated heterocycles. The quantitative estimate of drug-likeness (QED) is 0.219. The van der Waals surface area contributed by atoms with Crippen molar-refractivity contribution in [2.45, 2.75) is 155 Å². The Morgan fingerprint density at radius 3 is 1.07 bits per heavy atom. The summed E-state index contributed by atoms with van der Waals surface area (Å²) in [6.45, 7) is 8.71. The largest absolute Gasteiger partial charge is 0.370 e. The molecular formula is C25H54N2O. The summed E-state index contributed by atoms with van der Waals surface area (Å²) in [5, 5.41) is 0. The number of nitrogens with two attached hydrogens (primary N) is 2. The number of rotatable bonds is 19. The predicted molar refractivity (Wildman–Crippen MR) is 127 cm³/mol. The molecule has 0 aromatic rings. The predicted octanol–water partition coefficient (Wildman–Crippen LogP) is 7.65. The summed E-state index contributed by atoms with van der Waals surface area (Å²) in [6.07, 6.45) is 24.2. The van der Waals surface area contributed by atoms with Gasteiger partial charge in [0.05, 0.1) is 0 Å². The Labute approximate surface area is 177 Å². The molecule has 0 aliphatic carbocycles. The molecule has 4 N–H and O–H groups in total. The highest BCUT2D eigenvalue weighted by Gasteiger charge is 2.15. The van der Waals surface area contributed by atoms with Crippen LogP contribution in [0.1, 0.15) is 150 Å². The summed E-state index contributed by atoms with van der Waals surface area (Å²) < 4.78 is 0. The highest BCUT2D eigenvalue weighted by molar-refractivity contribution is 5.73. The van der Waals surface area contributed by atoms with Crippen LogP contribution in [0.2, 0.25) is 0 Å². The molecule has 0 unspecified atom stereocenters. The third-order valence-corrected chi connectivity index (χ3v) is 6.14. The minimum Gasteiger partial charge on any atom is -0.370 e. The van der Waals surface area contributed by atoms with Crippen LogP contribution < -0.4 is 11.5 Å². The van der Waals surface area contributed by atoms with Crippen LogP contribution in [0.4, 0.5) is 0 Å². The van der Waals surface area contributed by atoms with Gasteiger partial charge < -0.3 is 11.5 Å². The van der Waals surface area contributed by atoms with Crippen molar-refractivity contribution in [2.24, 2.45) is 11.5 Å². The molecule has 0 spiro atoms. The van der Waals surface area contributed by atoms with E-state index in [4.69, 9.17) is 11.5 Å². The molecule has 0 aromatic carbocycles. The second-order valence-corrected chi connectivity index (χ2v) is 8.59. The minimum absolute atomic E-state index is 0.125. The highest BCUT2D eigenvalue weighted by atomic mass is 16.1. The molecule has 0 atom stereocenters. The molecule has 0 aromatic heterocycles. The molecule has 0 aliphatic heterocycles. The van der Waals surface area contributed by atoms with Gasteiger partial charge in [0.15, 0.2) is 0 Å². The third-order valence-electron chi connectivity index (χ3n) is 6.14. The van der Waals surface area contributed by atoms with Crippen LogP contribution in [-0.4, -0.2) is 11.4 Å². The van der Waals surface area contributed by atoms with Gasteiger partial charge in [0, 0.05) is 12.0 Å². The molecular weight excluding hydrogens is 344 g/mol. The first-order valence-electron chi connectivity index (χ1n) is 12.5. The summed E-state index contributed by atoms with van der Waals surface area (Å²) >= 11 is 0. The van der Waals surface area contributed by atoms with Crippen molar-refractivity contribution in [1.29, 1.82) is 0 Å². The molecule has 0 rings (SSSR count). The van der Waals surface area contributed by atoms with Gasteiger partial charge in [0.25, 0.3) is 0 Å². The standard InChI is InChI=1S/C18H37NO.C7H17N/c1-2-3-4-5-6-7-8-9-10-11-12-13-14-15-16-17-18(19)20;1-4-7(8,5-2)6-3/h2-17H2,1H3,(H2,19,20);4-6,8H2,1-3H3. The second-order valence-electron chi connectivity index (χ2n) is 8.59. The number of carbonyl (C=O) groups is 1. The Bertz CT molecular complexity index is 305. The van der Waals surface area contributed by atoms with E-state index in [-0.39, 0.29) is 11.4 Å². The van der Waals surface area contributed by atoms with Gasteiger partial charge in [0.2, 0.25) is 5.91 Å². The molecule has 0 bridgehead atoms. The van der Waals surface area contributed by atoms with Crippen LogP contribution in [0.3, 0.4) is 0 Å². The lowest BCUT2D eigenvalue weighted by atomic mass is 9.92. The van der Waals surface area contributed by atoms with Crippen molar-refractivity contribution < 1.29 is 4.79 Å². The van der Waals surface area contributed by atoms with Crippen molar-refractivity contribution in [3.63, 3.8) is 0 Å². The number of amides is 1. The first-order valence-corrected chi connectivity index (χ1v) is 12.5. The zero-order valence-corrected chi connectivity index (χ0v) is 20.0. The lowest BCUT2D eigenvalue weighted by molar-refractivity contribution is -0.118. The van der Waals surface area contributed by atoms with Crippen LogP contribution in [-0.2, 0) is 4.79 Å². The Morgan fingerprint density at radius 1 is 0.571 bits per heavy atom. The Morgan fingerprint density at radius 2 is 0.857 bits per heavy atom. The van der Waals surface area contributed by atoms with E-state index in [1.54, 1.807) is 0 Å². The van der Waals surface area contributed by atoms with Crippen molar-refractivity contribution in [3.8, 4) is 0 Å². The summed E-state index contributed by atoms with van der Waals surface area (Å²) in [6, 6.07) is 0. The Kier molecular flexibility index (Phi) is 24.0. The van der Waals surface area contributed by atoms with E-state index in [1.807, 2.05) is 0 Å². The normalized spacial score (nSPS) is 11.2. The minimum atomic E-state index is -0.153. The lowest BCUT2D eigenvalue weighted by Crippen LogP contribution is -2.37. The summed E-state index contributed by atoms with van der Waals surface area (Å²) in [5.41, 5.74) is 11.1. The zero-order chi connectivity index (χ0) is 21.5. The van der Waals surface area contributed by atoms with Gasteiger partial charge in [-0.15, -0.1) is 0 Å². The molecule has 0 heterocycles. The van der Waals surface area contributed by atoms with Gasteiger partial charge in [-0.25, -0.2) is 0 Å². The van der Waals surface area contributed by atoms with Crippen LogP contribution in [0.15, 0.2) is 0 Å². The molecule has 0 fully saturated rings. The van der Waals surface area contributed by atoms with Gasteiger partial charge >= 0.3 is 0 Å².